The molecule has 0 amide bonds. The number of halogens is 1. The largest absolute Gasteiger partial charge is 0.388 e. The smallest absolute Gasteiger partial charge is 0.129 e. The molecule has 1 aliphatic carbocycles. The molecule has 1 rings (SSSR count). The molecule has 20 heavy (non-hydrogen) atoms. The SMILES string of the molecule is CCOCCOC(C#CC1=CCCC1O)CC#CCBr. The molecule has 0 radical (unpaired) electrons. The second-order valence-electron chi connectivity index (χ2n) is 4.27. The molecular formula is C16H21BrO3. The van der Waals surface area contributed by atoms with Crippen LogP contribution in [-0.2, 0) is 9.47 Å². The normalized spacial score (nSPS) is 18.6. The number of aliphatic hydroxyl groups excluding tert-OH is 1. The highest BCUT2D eigenvalue weighted by Gasteiger charge is 2.14. The third-order valence-corrected chi connectivity index (χ3v) is 3.05. The maximum atomic E-state index is 9.70. The molecule has 1 aliphatic rings. The van der Waals surface area contributed by atoms with Crippen LogP contribution in [0.25, 0.3) is 0 Å². The summed E-state index contributed by atoms with van der Waals surface area (Å²) in [5.41, 5.74) is 0.803. The van der Waals surface area contributed by atoms with Gasteiger partial charge in [-0.05, 0) is 19.8 Å². The summed E-state index contributed by atoms with van der Waals surface area (Å²) in [5, 5.41) is 10.3. The quantitative estimate of drug-likeness (QED) is 0.458. The van der Waals surface area contributed by atoms with E-state index in [1.54, 1.807) is 0 Å². The lowest BCUT2D eigenvalue weighted by Crippen LogP contribution is -2.14. The summed E-state index contributed by atoms with van der Waals surface area (Å²) >= 11 is 3.26. The van der Waals surface area contributed by atoms with Crippen molar-refractivity contribution < 1.29 is 14.6 Å². The number of hydrogen-bond donors (Lipinski definition) is 1. The Balaban J connectivity index is 2.50. The molecular weight excluding hydrogens is 320 g/mol. The van der Waals surface area contributed by atoms with E-state index in [9.17, 15) is 5.11 Å². The summed E-state index contributed by atoms with van der Waals surface area (Å²) in [4.78, 5) is 0. The Morgan fingerprint density at radius 2 is 2.30 bits per heavy atom. The van der Waals surface area contributed by atoms with Crippen LogP contribution in [0.1, 0.15) is 26.2 Å². The molecule has 0 aromatic rings. The van der Waals surface area contributed by atoms with Gasteiger partial charge in [0.05, 0.1) is 24.6 Å². The molecule has 0 saturated carbocycles. The topological polar surface area (TPSA) is 38.7 Å². The third kappa shape index (κ3) is 7.12. The van der Waals surface area contributed by atoms with Crippen molar-refractivity contribution in [2.24, 2.45) is 0 Å². The van der Waals surface area contributed by atoms with Gasteiger partial charge in [-0.3, -0.25) is 0 Å². The van der Waals surface area contributed by atoms with Crippen LogP contribution in [0.4, 0.5) is 0 Å². The van der Waals surface area contributed by atoms with Crippen LogP contribution in [0, 0.1) is 23.7 Å². The number of allylic oxidation sites excluding steroid dienone is 1. The van der Waals surface area contributed by atoms with E-state index in [-0.39, 0.29) is 6.10 Å². The van der Waals surface area contributed by atoms with Gasteiger partial charge in [-0.15, -0.1) is 0 Å². The van der Waals surface area contributed by atoms with Gasteiger partial charge in [0.15, 0.2) is 0 Å². The third-order valence-electron chi connectivity index (χ3n) is 2.77. The number of rotatable bonds is 6. The van der Waals surface area contributed by atoms with Crippen LogP contribution in [0.15, 0.2) is 11.6 Å². The number of ether oxygens (including phenoxy) is 2. The second-order valence-corrected chi connectivity index (χ2v) is 4.83. The zero-order valence-electron chi connectivity index (χ0n) is 11.8. The predicted octanol–water partition coefficient (Wildman–Crippen LogP) is 2.28. The zero-order valence-corrected chi connectivity index (χ0v) is 13.4. The first-order valence-corrected chi connectivity index (χ1v) is 8.00. The average Bonchev–Trinajstić information content (AvgIpc) is 2.86. The maximum Gasteiger partial charge on any atom is 0.129 e. The molecule has 0 heterocycles. The molecule has 1 N–H and O–H groups in total. The summed E-state index contributed by atoms with van der Waals surface area (Å²) < 4.78 is 10.9. The van der Waals surface area contributed by atoms with Gasteiger partial charge in [-0.1, -0.05) is 45.7 Å². The first kappa shape index (κ1) is 17.3. The molecule has 0 spiro atoms. The molecule has 3 nitrogen and oxygen atoms in total. The summed E-state index contributed by atoms with van der Waals surface area (Å²) in [6.07, 6.45) is 3.55. The minimum absolute atomic E-state index is 0.240. The molecule has 2 unspecified atom stereocenters. The molecule has 0 aromatic carbocycles. The summed E-state index contributed by atoms with van der Waals surface area (Å²) in [7, 11) is 0. The fourth-order valence-electron chi connectivity index (χ4n) is 1.74. The highest BCUT2D eigenvalue weighted by Crippen LogP contribution is 2.17. The van der Waals surface area contributed by atoms with Gasteiger partial charge in [0.25, 0.3) is 0 Å². The van der Waals surface area contributed by atoms with Gasteiger partial charge in [-0.25, -0.2) is 0 Å². The van der Waals surface area contributed by atoms with Gasteiger partial charge in [0.1, 0.15) is 6.10 Å². The lowest BCUT2D eigenvalue weighted by Gasteiger charge is -2.09. The van der Waals surface area contributed by atoms with Crippen molar-refractivity contribution in [3.63, 3.8) is 0 Å². The standard InChI is InChI=1S/C16H21BrO3/c1-2-19-12-13-20-15(7-3-4-11-17)10-9-14-6-5-8-16(14)18/h6,15-16,18H,2,5,7-8,11-13H2,1H3. The van der Waals surface area contributed by atoms with E-state index in [0.717, 1.165) is 18.4 Å². The van der Waals surface area contributed by atoms with Crippen molar-refractivity contribution in [1.29, 1.82) is 0 Å². The van der Waals surface area contributed by atoms with Crippen molar-refractivity contribution in [2.75, 3.05) is 25.2 Å². The lowest BCUT2D eigenvalue weighted by molar-refractivity contribution is 0.0322. The van der Waals surface area contributed by atoms with Crippen molar-refractivity contribution in [3.05, 3.63) is 11.6 Å². The van der Waals surface area contributed by atoms with Crippen molar-refractivity contribution in [3.8, 4) is 23.7 Å². The molecule has 0 saturated heterocycles. The van der Waals surface area contributed by atoms with Crippen molar-refractivity contribution in [1.82, 2.24) is 0 Å². The Bertz CT molecular complexity index is 422. The lowest BCUT2D eigenvalue weighted by atomic mass is 10.1. The Hall–Kier alpha value is -0.780. The Morgan fingerprint density at radius 3 is 2.95 bits per heavy atom. The van der Waals surface area contributed by atoms with E-state index in [4.69, 9.17) is 9.47 Å². The number of aliphatic hydroxyl groups is 1. The molecule has 0 aromatic heterocycles. The highest BCUT2D eigenvalue weighted by molar-refractivity contribution is 9.09. The first-order valence-electron chi connectivity index (χ1n) is 6.88. The van der Waals surface area contributed by atoms with Crippen molar-refractivity contribution >= 4 is 15.9 Å². The Morgan fingerprint density at radius 1 is 1.45 bits per heavy atom. The maximum absolute atomic E-state index is 9.70. The van der Waals surface area contributed by atoms with Gasteiger partial charge >= 0.3 is 0 Å². The van der Waals surface area contributed by atoms with Crippen LogP contribution in [0.3, 0.4) is 0 Å². The van der Waals surface area contributed by atoms with Gasteiger partial charge in [-0.2, -0.15) is 0 Å². The zero-order chi connectivity index (χ0) is 14.6. The van der Waals surface area contributed by atoms with Crippen LogP contribution < -0.4 is 0 Å². The van der Waals surface area contributed by atoms with E-state index >= 15 is 0 Å². The molecule has 0 fully saturated rings. The number of alkyl halides is 1. The van der Waals surface area contributed by atoms with Crippen LogP contribution in [0.2, 0.25) is 0 Å². The van der Waals surface area contributed by atoms with E-state index in [1.807, 2.05) is 13.0 Å². The Kier molecular flexibility index (Phi) is 9.45. The summed E-state index contributed by atoms with van der Waals surface area (Å²) in [5.74, 6) is 12.0. The highest BCUT2D eigenvalue weighted by atomic mass is 79.9. The molecule has 110 valence electrons. The van der Waals surface area contributed by atoms with Crippen LogP contribution in [-0.4, -0.2) is 42.5 Å². The average molecular weight is 341 g/mol. The summed E-state index contributed by atoms with van der Waals surface area (Å²) in [6.45, 7) is 3.70. The van der Waals surface area contributed by atoms with Gasteiger partial charge < -0.3 is 14.6 Å². The van der Waals surface area contributed by atoms with Crippen molar-refractivity contribution in [2.45, 2.75) is 38.4 Å². The minimum Gasteiger partial charge on any atom is -0.388 e. The van der Waals surface area contributed by atoms with E-state index in [1.165, 1.54) is 0 Å². The molecule has 4 heteroatoms. The first-order chi connectivity index (χ1) is 9.77. The summed E-state index contributed by atoms with van der Waals surface area (Å²) in [6, 6.07) is 0. The van der Waals surface area contributed by atoms with E-state index < -0.39 is 6.10 Å². The fourth-order valence-corrected chi connectivity index (χ4v) is 1.94. The molecule has 0 bridgehead atoms. The second kappa shape index (κ2) is 10.9. The molecule has 0 aliphatic heterocycles. The van der Waals surface area contributed by atoms with Crippen LogP contribution >= 0.6 is 15.9 Å². The minimum atomic E-state index is -0.416. The van der Waals surface area contributed by atoms with Crippen LogP contribution in [0.5, 0.6) is 0 Å². The Labute approximate surface area is 129 Å². The van der Waals surface area contributed by atoms with Gasteiger partial charge in [0, 0.05) is 18.6 Å². The van der Waals surface area contributed by atoms with E-state index in [2.05, 4.69) is 39.6 Å². The predicted molar refractivity (Wildman–Crippen MR) is 83.5 cm³/mol. The fraction of sp³-hybridized carbons (Fsp3) is 0.625. The number of hydrogen-bond acceptors (Lipinski definition) is 3. The van der Waals surface area contributed by atoms with Gasteiger partial charge in [0.2, 0.25) is 0 Å². The van der Waals surface area contributed by atoms with E-state index in [0.29, 0.717) is 31.6 Å². The molecule has 2 atom stereocenters. The monoisotopic (exact) mass is 340 g/mol.